The van der Waals surface area contributed by atoms with Crippen molar-refractivity contribution >= 4 is 40.7 Å². The third kappa shape index (κ3) is 4.10. The van der Waals surface area contributed by atoms with Gasteiger partial charge in [-0.25, -0.2) is 4.98 Å². The zero-order valence-corrected chi connectivity index (χ0v) is 13.8. The fourth-order valence-electron chi connectivity index (χ4n) is 1.96. The minimum Gasteiger partial charge on any atom is -0.337 e. The van der Waals surface area contributed by atoms with E-state index in [-0.39, 0.29) is 5.91 Å². The number of amides is 1. The van der Waals surface area contributed by atoms with Gasteiger partial charge in [-0.3, -0.25) is 4.79 Å². The summed E-state index contributed by atoms with van der Waals surface area (Å²) in [6.07, 6.45) is 0. The molecule has 21 heavy (non-hydrogen) atoms. The van der Waals surface area contributed by atoms with E-state index in [1.807, 2.05) is 6.07 Å². The van der Waals surface area contributed by atoms with Gasteiger partial charge < -0.3 is 4.90 Å². The lowest BCUT2D eigenvalue weighted by Gasteiger charge is -2.18. The van der Waals surface area contributed by atoms with E-state index in [1.54, 1.807) is 43.1 Å². The van der Waals surface area contributed by atoms with E-state index in [0.717, 1.165) is 5.56 Å². The van der Waals surface area contributed by atoms with Gasteiger partial charge in [0.2, 0.25) is 0 Å². The Bertz CT molecular complexity index is 668. The molecule has 0 fully saturated rings. The van der Waals surface area contributed by atoms with Crippen molar-refractivity contribution in [3.05, 3.63) is 62.4 Å². The number of nitrogens with zero attached hydrogens (tertiary/aromatic N) is 2. The second-order valence-electron chi connectivity index (χ2n) is 4.73. The van der Waals surface area contributed by atoms with Gasteiger partial charge in [-0.05, 0) is 36.8 Å². The topological polar surface area (TPSA) is 33.2 Å². The van der Waals surface area contributed by atoms with Crippen molar-refractivity contribution in [3.63, 3.8) is 0 Å². The average molecular weight is 344 g/mol. The highest BCUT2D eigenvalue weighted by atomic mass is 35.5. The summed E-state index contributed by atoms with van der Waals surface area (Å²) in [4.78, 5) is 18.0. The van der Waals surface area contributed by atoms with Gasteiger partial charge in [0.1, 0.15) is 5.15 Å². The first-order valence-electron chi connectivity index (χ1n) is 6.20. The van der Waals surface area contributed by atoms with Gasteiger partial charge in [0, 0.05) is 24.8 Å². The van der Waals surface area contributed by atoms with E-state index >= 15 is 0 Å². The quantitative estimate of drug-likeness (QED) is 0.762. The number of halogens is 3. The van der Waals surface area contributed by atoms with Gasteiger partial charge in [0.25, 0.3) is 5.91 Å². The van der Waals surface area contributed by atoms with Gasteiger partial charge in [-0.1, -0.05) is 40.9 Å². The predicted molar refractivity (Wildman–Crippen MR) is 86.2 cm³/mol. The molecule has 0 atom stereocenters. The van der Waals surface area contributed by atoms with Crippen molar-refractivity contribution in [1.29, 1.82) is 0 Å². The van der Waals surface area contributed by atoms with E-state index < -0.39 is 0 Å². The highest BCUT2D eigenvalue weighted by Gasteiger charge is 2.14. The number of benzene rings is 1. The lowest BCUT2D eigenvalue weighted by Crippen LogP contribution is -2.26. The summed E-state index contributed by atoms with van der Waals surface area (Å²) in [6.45, 7) is 2.22. The molecular weight excluding hydrogens is 331 g/mol. The number of aryl methyl sites for hydroxylation is 1. The fraction of sp³-hybridized carbons (Fsp3) is 0.200. The molecule has 1 amide bonds. The minimum absolute atomic E-state index is 0.131. The normalized spacial score (nSPS) is 10.5. The molecule has 1 aromatic carbocycles. The molecule has 0 radical (unpaired) electrons. The van der Waals surface area contributed by atoms with Gasteiger partial charge in [0.05, 0.1) is 10.0 Å². The van der Waals surface area contributed by atoms with Crippen LogP contribution in [0.1, 0.15) is 21.6 Å². The summed E-state index contributed by atoms with van der Waals surface area (Å²) in [5, 5.41) is 1.27. The second kappa shape index (κ2) is 6.65. The number of hydrogen-bond acceptors (Lipinski definition) is 2. The van der Waals surface area contributed by atoms with E-state index in [0.29, 0.717) is 33.0 Å². The fourth-order valence-corrected chi connectivity index (χ4v) is 2.53. The molecular formula is C15H13Cl3N2O. The Hall–Kier alpha value is -1.29. The zero-order chi connectivity index (χ0) is 15.6. The van der Waals surface area contributed by atoms with Gasteiger partial charge in [0.15, 0.2) is 0 Å². The predicted octanol–water partition coefficient (Wildman–Crippen LogP) is 4.62. The molecule has 2 aromatic rings. The van der Waals surface area contributed by atoms with Gasteiger partial charge in [-0.2, -0.15) is 0 Å². The van der Waals surface area contributed by atoms with Crippen molar-refractivity contribution < 1.29 is 4.79 Å². The standard InChI is InChI=1S/C15H13Cl3N2O/c1-9-5-11(7-14(18)19-9)15(21)20(2)8-10-3-4-12(16)13(17)6-10/h3-7H,8H2,1-2H3. The van der Waals surface area contributed by atoms with Crippen LogP contribution in [0.25, 0.3) is 0 Å². The van der Waals surface area contributed by atoms with Crippen LogP contribution in [-0.2, 0) is 6.54 Å². The highest BCUT2D eigenvalue weighted by Crippen LogP contribution is 2.23. The van der Waals surface area contributed by atoms with Crippen LogP contribution in [0.2, 0.25) is 15.2 Å². The third-order valence-corrected chi connectivity index (χ3v) is 3.85. The Morgan fingerprint density at radius 2 is 1.86 bits per heavy atom. The van der Waals surface area contributed by atoms with Crippen molar-refractivity contribution in [2.45, 2.75) is 13.5 Å². The summed E-state index contributed by atoms with van der Waals surface area (Å²) in [5.74, 6) is -0.131. The molecule has 6 heteroatoms. The monoisotopic (exact) mass is 342 g/mol. The first-order valence-corrected chi connectivity index (χ1v) is 7.34. The van der Waals surface area contributed by atoms with Crippen molar-refractivity contribution in [1.82, 2.24) is 9.88 Å². The lowest BCUT2D eigenvalue weighted by molar-refractivity contribution is 0.0785. The number of aromatic nitrogens is 1. The van der Waals surface area contributed by atoms with Gasteiger partial charge >= 0.3 is 0 Å². The largest absolute Gasteiger partial charge is 0.337 e. The molecule has 0 spiro atoms. The zero-order valence-electron chi connectivity index (χ0n) is 11.5. The van der Waals surface area contributed by atoms with E-state index in [9.17, 15) is 4.79 Å². The van der Waals surface area contributed by atoms with Crippen LogP contribution in [-0.4, -0.2) is 22.8 Å². The Labute approximate surface area is 138 Å². The molecule has 0 N–H and O–H groups in total. The Kier molecular flexibility index (Phi) is 5.09. The van der Waals surface area contributed by atoms with Crippen LogP contribution < -0.4 is 0 Å². The molecule has 0 bridgehead atoms. The van der Waals surface area contributed by atoms with Crippen LogP contribution in [0, 0.1) is 6.92 Å². The van der Waals surface area contributed by atoms with Crippen LogP contribution in [0.15, 0.2) is 30.3 Å². The van der Waals surface area contributed by atoms with E-state index in [4.69, 9.17) is 34.8 Å². The SMILES string of the molecule is Cc1cc(C(=O)N(C)Cc2ccc(Cl)c(Cl)c2)cc(Cl)n1. The number of hydrogen-bond donors (Lipinski definition) is 0. The Balaban J connectivity index is 2.17. The molecule has 0 saturated carbocycles. The van der Waals surface area contributed by atoms with Crippen LogP contribution in [0.5, 0.6) is 0 Å². The van der Waals surface area contributed by atoms with Crippen LogP contribution in [0.3, 0.4) is 0 Å². The van der Waals surface area contributed by atoms with Crippen LogP contribution in [0.4, 0.5) is 0 Å². The number of rotatable bonds is 3. The first kappa shape index (κ1) is 16.1. The van der Waals surface area contributed by atoms with Crippen LogP contribution >= 0.6 is 34.8 Å². The van der Waals surface area contributed by atoms with Gasteiger partial charge in [-0.15, -0.1) is 0 Å². The molecule has 3 nitrogen and oxygen atoms in total. The minimum atomic E-state index is -0.131. The summed E-state index contributed by atoms with van der Waals surface area (Å²) in [7, 11) is 1.72. The number of pyridine rings is 1. The molecule has 0 aliphatic rings. The van der Waals surface area contributed by atoms with Crippen molar-refractivity contribution in [2.24, 2.45) is 0 Å². The number of carbonyl (C=O) groups excluding carboxylic acids is 1. The Morgan fingerprint density at radius 3 is 2.48 bits per heavy atom. The maximum atomic E-state index is 12.4. The molecule has 1 aromatic heterocycles. The summed E-state index contributed by atoms with van der Waals surface area (Å²) >= 11 is 17.7. The second-order valence-corrected chi connectivity index (χ2v) is 5.93. The molecule has 0 aliphatic carbocycles. The third-order valence-electron chi connectivity index (χ3n) is 2.92. The maximum Gasteiger partial charge on any atom is 0.254 e. The number of carbonyl (C=O) groups is 1. The van der Waals surface area contributed by atoms with Crippen molar-refractivity contribution in [2.75, 3.05) is 7.05 Å². The lowest BCUT2D eigenvalue weighted by atomic mass is 10.1. The molecule has 0 saturated heterocycles. The highest BCUT2D eigenvalue weighted by molar-refractivity contribution is 6.42. The maximum absolute atomic E-state index is 12.4. The van der Waals surface area contributed by atoms with Crippen molar-refractivity contribution in [3.8, 4) is 0 Å². The summed E-state index contributed by atoms with van der Waals surface area (Å²) in [5.41, 5.74) is 2.11. The first-order chi connectivity index (χ1) is 9.86. The molecule has 1 heterocycles. The molecule has 110 valence electrons. The van der Waals surface area contributed by atoms with E-state index in [1.165, 1.54) is 0 Å². The summed E-state index contributed by atoms with van der Waals surface area (Å²) in [6, 6.07) is 8.56. The molecule has 0 unspecified atom stereocenters. The van der Waals surface area contributed by atoms with E-state index in [2.05, 4.69) is 4.98 Å². The average Bonchev–Trinajstić information content (AvgIpc) is 2.41. The molecule has 2 rings (SSSR count). The summed E-state index contributed by atoms with van der Waals surface area (Å²) < 4.78 is 0. The molecule has 0 aliphatic heterocycles. The Morgan fingerprint density at radius 1 is 1.14 bits per heavy atom. The smallest absolute Gasteiger partial charge is 0.254 e.